The predicted molar refractivity (Wildman–Crippen MR) is 96.4 cm³/mol. The van der Waals surface area contributed by atoms with Crippen LogP contribution in [-0.2, 0) is 11.2 Å². The van der Waals surface area contributed by atoms with Gasteiger partial charge >= 0.3 is 0 Å². The number of likely N-dealkylation sites (N-methyl/N-ethyl adjacent to an activating group) is 1. The molecule has 0 aromatic heterocycles. The Kier molecular flexibility index (Phi) is 6.43. The quantitative estimate of drug-likeness (QED) is 0.732. The highest BCUT2D eigenvalue weighted by atomic mass is 16.5. The van der Waals surface area contributed by atoms with Crippen LogP contribution in [0.25, 0.3) is 6.08 Å². The minimum absolute atomic E-state index is 0.0145. The third kappa shape index (κ3) is 4.88. The number of hydrogen-bond acceptors (Lipinski definition) is 3. The number of nitrogens with zero attached hydrogens (tertiary/aromatic N) is 1. The van der Waals surface area contributed by atoms with Crippen LogP contribution in [0.5, 0.6) is 11.5 Å². The molecule has 0 saturated heterocycles. The number of rotatable bonds is 7. The molecule has 0 spiro atoms. The third-order valence-corrected chi connectivity index (χ3v) is 3.78. The van der Waals surface area contributed by atoms with Gasteiger partial charge in [-0.1, -0.05) is 36.4 Å². The van der Waals surface area contributed by atoms with Crippen molar-refractivity contribution in [3.63, 3.8) is 0 Å². The van der Waals surface area contributed by atoms with Crippen molar-refractivity contribution in [1.29, 1.82) is 0 Å². The van der Waals surface area contributed by atoms with Gasteiger partial charge in [-0.05, 0) is 35.8 Å². The summed E-state index contributed by atoms with van der Waals surface area (Å²) in [6.45, 7) is 0.632. The molecule has 0 atom stereocenters. The molecule has 0 aliphatic rings. The Morgan fingerprint density at radius 2 is 1.75 bits per heavy atom. The molecule has 126 valence electrons. The van der Waals surface area contributed by atoms with Crippen LogP contribution in [0.2, 0.25) is 0 Å². The van der Waals surface area contributed by atoms with E-state index in [4.69, 9.17) is 9.47 Å². The maximum Gasteiger partial charge on any atom is 0.246 e. The Bertz CT molecular complexity index is 695. The highest BCUT2D eigenvalue weighted by molar-refractivity contribution is 5.91. The normalized spacial score (nSPS) is 10.6. The van der Waals surface area contributed by atoms with Gasteiger partial charge in [-0.25, -0.2) is 0 Å². The van der Waals surface area contributed by atoms with E-state index in [1.165, 1.54) is 0 Å². The molecule has 0 aliphatic heterocycles. The van der Waals surface area contributed by atoms with Crippen LogP contribution in [0.15, 0.2) is 54.6 Å². The van der Waals surface area contributed by atoms with Gasteiger partial charge in [-0.2, -0.15) is 0 Å². The van der Waals surface area contributed by atoms with Crippen LogP contribution in [0, 0.1) is 0 Å². The summed E-state index contributed by atoms with van der Waals surface area (Å²) in [6, 6.07) is 15.6. The fourth-order valence-corrected chi connectivity index (χ4v) is 2.30. The van der Waals surface area contributed by atoms with Crippen LogP contribution < -0.4 is 9.47 Å². The highest BCUT2D eigenvalue weighted by Crippen LogP contribution is 2.27. The second kappa shape index (κ2) is 8.77. The van der Waals surface area contributed by atoms with E-state index in [2.05, 4.69) is 0 Å². The number of benzene rings is 2. The summed E-state index contributed by atoms with van der Waals surface area (Å²) in [5.74, 6) is 1.39. The molecule has 0 radical (unpaired) electrons. The van der Waals surface area contributed by atoms with E-state index in [9.17, 15) is 4.79 Å². The van der Waals surface area contributed by atoms with Crippen molar-refractivity contribution in [1.82, 2.24) is 4.90 Å². The molecule has 2 aromatic rings. The van der Waals surface area contributed by atoms with Crippen molar-refractivity contribution in [2.75, 3.05) is 27.8 Å². The lowest BCUT2D eigenvalue weighted by Gasteiger charge is -2.16. The maximum absolute atomic E-state index is 12.2. The van der Waals surface area contributed by atoms with Gasteiger partial charge in [0.2, 0.25) is 5.91 Å². The molecule has 24 heavy (non-hydrogen) atoms. The molecule has 0 fully saturated rings. The smallest absolute Gasteiger partial charge is 0.246 e. The Balaban J connectivity index is 1.91. The first kappa shape index (κ1) is 17.6. The molecule has 4 heteroatoms. The lowest BCUT2D eigenvalue weighted by molar-refractivity contribution is -0.124. The lowest BCUT2D eigenvalue weighted by atomic mass is 10.1. The standard InChI is InChI=1S/C20H23NO3/c1-21(20(22)12-10-16-7-5-4-6-8-16)14-13-17-9-11-18(23-2)19(15-17)24-3/h4-12,15H,13-14H2,1-3H3. The zero-order valence-electron chi connectivity index (χ0n) is 14.4. The zero-order valence-corrected chi connectivity index (χ0v) is 14.4. The maximum atomic E-state index is 12.2. The van der Waals surface area contributed by atoms with Gasteiger partial charge < -0.3 is 14.4 Å². The van der Waals surface area contributed by atoms with E-state index in [-0.39, 0.29) is 5.91 Å². The van der Waals surface area contributed by atoms with Crippen LogP contribution in [0.4, 0.5) is 0 Å². The zero-order chi connectivity index (χ0) is 17.4. The SMILES string of the molecule is COc1ccc(CCN(C)C(=O)C=Cc2ccccc2)cc1OC. The summed E-state index contributed by atoms with van der Waals surface area (Å²) >= 11 is 0. The van der Waals surface area contributed by atoms with Crippen LogP contribution in [0.1, 0.15) is 11.1 Å². The number of methoxy groups -OCH3 is 2. The highest BCUT2D eigenvalue weighted by Gasteiger charge is 2.08. The molecule has 0 saturated carbocycles. The first-order chi connectivity index (χ1) is 11.6. The number of hydrogen-bond donors (Lipinski definition) is 0. The molecular formula is C20H23NO3. The molecular weight excluding hydrogens is 302 g/mol. The van der Waals surface area contributed by atoms with Crippen molar-refractivity contribution in [2.45, 2.75) is 6.42 Å². The predicted octanol–water partition coefficient (Wildman–Crippen LogP) is 3.42. The summed E-state index contributed by atoms with van der Waals surface area (Å²) in [5, 5.41) is 0. The van der Waals surface area contributed by atoms with Crippen LogP contribution in [-0.4, -0.2) is 38.6 Å². The average Bonchev–Trinajstić information content (AvgIpc) is 2.64. The van der Waals surface area contributed by atoms with Crippen molar-refractivity contribution in [2.24, 2.45) is 0 Å². The Hall–Kier alpha value is -2.75. The topological polar surface area (TPSA) is 38.8 Å². The van der Waals surface area contributed by atoms with E-state index in [0.29, 0.717) is 18.0 Å². The number of ether oxygens (including phenoxy) is 2. The monoisotopic (exact) mass is 325 g/mol. The van der Waals surface area contributed by atoms with Crippen molar-refractivity contribution in [3.8, 4) is 11.5 Å². The minimum Gasteiger partial charge on any atom is -0.493 e. The molecule has 1 amide bonds. The van der Waals surface area contributed by atoms with Gasteiger partial charge in [0.1, 0.15) is 0 Å². The second-order valence-corrected chi connectivity index (χ2v) is 5.44. The fourth-order valence-electron chi connectivity index (χ4n) is 2.30. The number of carbonyl (C=O) groups is 1. The van der Waals surface area contributed by atoms with Crippen LogP contribution >= 0.6 is 0 Å². The Morgan fingerprint density at radius 1 is 1.04 bits per heavy atom. The van der Waals surface area contributed by atoms with Gasteiger partial charge in [0.15, 0.2) is 11.5 Å². The van der Waals surface area contributed by atoms with E-state index in [0.717, 1.165) is 17.5 Å². The molecule has 0 N–H and O–H groups in total. The fraction of sp³-hybridized carbons (Fsp3) is 0.250. The average molecular weight is 325 g/mol. The minimum atomic E-state index is -0.0145. The van der Waals surface area contributed by atoms with Crippen molar-refractivity contribution < 1.29 is 14.3 Å². The van der Waals surface area contributed by atoms with Gasteiger partial charge in [-0.15, -0.1) is 0 Å². The Morgan fingerprint density at radius 3 is 2.42 bits per heavy atom. The van der Waals surface area contributed by atoms with E-state index in [1.54, 1.807) is 32.2 Å². The first-order valence-corrected chi connectivity index (χ1v) is 7.83. The van der Waals surface area contributed by atoms with E-state index in [1.807, 2.05) is 54.6 Å². The van der Waals surface area contributed by atoms with E-state index >= 15 is 0 Å². The summed E-state index contributed by atoms with van der Waals surface area (Å²) in [5.41, 5.74) is 2.11. The largest absolute Gasteiger partial charge is 0.493 e. The van der Waals surface area contributed by atoms with Crippen LogP contribution in [0.3, 0.4) is 0 Å². The molecule has 0 heterocycles. The van der Waals surface area contributed by atoms with Crippen molar-refractivity contribution in [3.05, 3.63) is 65.7 Å². The molecule has 2 aromatic carbocycles. The van der Waals surface area contributed by atoms with Crippen molar-refractivity contribution >= 4 is 12.0 Å². The third-order valence-electron chi connectivity index (χ3n) is 3.78. The molecule has 4 nitrogen and oxygen atoms in total. The first-order valence-electron chi connectivity index (χ1n) is 7.83. The number of amides is 1. The summed E-state index contributed by atoms with van der Waals surface area (Å²) in [6.07, 6.45) is 4.18. The molecule has 2 rings (SSSR count). The van der Waals surface area contributed by atoms with Gasteiger partial charge in [-0.3, -0.25) is 4.79 Å². The summed E-state index contributed by atoms with van der Waals surface area (Å²) in [4.78, 5) is 13.9. The second-order valence-electron chi connectivity index (χ2n) is 5.44. The molecule has 0 aliphatic carbocycles. The van der Waals surface area contributed by atoms with E-state index < -0.39 is 0 Å². The lowest BCUT2D eigenvalue weighted by Crippen LogP contribution is -2.27. The van der Waals surface area contributed by atoms with Gasteiger partial charge in [0.25, 0.3) is 0 Å². The molecule has 0 bridgehead atoms. The molecule has 0 unspecified atom stereocenters. The Labute approximate surface area is 143 Å². The number of carbonyl (C=O) groups excluding carboxylic acids is 1. The van der Waals surface area contributed by atoms with Gasteiger partial charge in [0, 0.05) is 19.7 Å². The summed E-state index contributed by atoms with van der Waals surface area (Å²) in [7, 11) is 5.03. The van der Waals surface area contributed by atoms with Gasteiger partial charge in [0.05, 0.1) is 14.2 Å². The summed E-state index contributed by atoms with van der Waals surface area (Å²) < 4.78 is 10.5.